The standard InChI is InChI=1S/C11H16N2S/c1-9-2-4-12-6-10(9)7-13-11-3-5-14-8-11/h2,4,6,11,13H,3,5,7-8H2,1H3. The summed E-state index contributed by atoms with van der Waals surface area (Å²) in [7, 11) is 0. The molecule has 3 heteroatoms. The molecule has 1 unspecified atom stereocenters. The predicted molar refractivity (Wildman–Crippen MR) is 61.5 cm³/mol. The van der Waals surface area contributed by atoms with Gasteiger partial charge in [0.15, 0.2) is 0 Å². The monoisotopic (exact) mass is 208 g/mol. The van der Waals surface area contributed by atoms with Crippen LogP contribution in [0.1, 0.15) is 17.5 Å². The number of pyridine rings is 1. The fraction of sp³-hybridized carbons (Fsp3) is 0.545. The van der Waals surface area contributed by atoms with Crippen LogP contribution in [0.4, 0.5) is 0 Å². The number of hydrogen-bond acceptors (Lipinski definition) is 3. The molecule has 76 valence electrons. The van der Waals surface area contributed by atoms with Crippen molar-refractivity contribution in [1.29, 1.82) is 0 Å². The van der Waals surface area contributed by atoms with Gasteiger partial charge in [-0.25, -0.2) is 0 Å². The lowest BCUT2D eigenvalue weighted by atomic mass is 10.1. The number of nitrogens with zero attached hydrogens (tertiary/aromatic N) is 1. The lowest BCUT2D eigenvalue weighted by Gasteiger charge is -2.11. The highest BCUT2D eigenvalue weighted by atomic mass is 32.2. The molecule has 0 bridgehead atoms. The van der Waals surface area contributed by atoms with E-state index in [4.69, 9.17) is 0 Å². The first-order valence-electron chi connectivity index (χ1n) is 5.07. The summed E-state index contributed by atoms with van der Waals surface area (Å²) in [4.78, 5) is 4.15. The van der Waals surface area contributed by atoms with Crippen LogP contribution in [-0.2, 0) is 6.54 Å². The molecule has 0 saturated carbocycles. The van der Waals surface area contributed by atoms with E-state index in [1.54, 1.807) is 0 Å². The van der Waals surface area contributed by atoms with E-state index in [0.717, 1.165) is 6.54 Å². The Morgan fingerprint density at radius 3 is 3.29 bits per heavy atom. The van der Waals surface area contributed by atoms with Crippen molar-refractivity contribution in [3.05, 3.63) is 29.6 Å². The number of rotatable bonds is 3. The Bertz CT molecular complexity index is 295. The van der Waals surface area contributed by atoms with Gasteiger partial charge < -0.3 is 5.32 Å². The van der Waals surface area contributed by atoms with Crippen molar-refractivity contribution < 1.29 is 0 Å². The summed E-state index contributed by atoms with van der Waals surface area (Å²) in [6.07, 6.45) is 5.12. The summed E-state index contributed by atoms with van der Waals surface area (Å²) in [6.45, 7) is 3.10. The van der Waals surface area contributed by atoms with Gasteiger partial charge in [0, 0.05) is 30.7 Å². The largest absolute Gasteiger partial charge is 0.309 e. The first kappa shape index (κ1) is 9.99. The molecule has 0 spiro atoms. The highest BCUT2D eigenvalue weighted by Gasteiger charge is 2.14. The topological polar surface area (TPSA) is 24.9 Å². The van der Waals surface area contributed by atoms with Crippen LogP contribution in [0.5, 0.6) is 0 Å². The summed E-state index contributed by atoms with van der Waals surface area (Å²) in [5.74, 6) is 2.57. The molecule has 1 aromatic heterocycles. The number of hydrogen-bond donors (Lipinski definition) is 1. The Morgan fingerprint density at radius 2 is 2.57 bits per heavy atom. The summed E-state index contributed by atoms with van der Waals surface area (Å²) >= 11 is 2.04. The van der Waals surface area contributed by atoms with Crippen LogP contribution < -0.4 is 5.32 Å². The van der Waals surface area contributed by atoms with Crippen LogP contribution in [0.15, 0.2) is 18.5 Å². The van der Waals surface area contributed by atoms with Crippen LogP contribution in [-0.4, -0.2) is 22.5 Å². The van der Waals surface area contributed by atoms with Crippen molar-refractivity contribution in [2.24, 2.45) is 0 Å². The van der Waals surface area contributed by atoms with Gasteiger partial charge in [0.25, 0.3) is 0 Å². The maximum atomic E-state index is 4.15. The van der Waals surface area contributed by atoms with Gasteiger partial charge in [0.2, 0.25) is 0 Å². The van der Waals surface area contributed by atoms with Crippen molar-refractivity contribution >= 4 is 11.8 Å². The Labute approximate surface area is 89.5 Å². The van der Waals surface area contributed by atoms with Crippen LogP contribution in [0.25, 0.3) is 0 Å². The number of aromatic nitrogens is 1. The third-order valence-electron chi connectivity index (χ3n) is 2.66. The van der Waals surface area contributed by atoms with Crippen molar-refractivity contribution in [3.63, 3.8) is 0 Å². The highest BCUT2D eigenvalue weighted by molar-refractivity contribution is 7.99. The summed E-state index contributed by atoms with van der Waals surface area (Å²) in [6, 6.07) is 2.78. The van der Waals surface area contributed by atoms with Crippen molar-refractivity contribution in [2.75, 3.05) is 11.5 Å². The zero-order valence-corrected chi connectivity index (χ0v) is 9.31. The van der Waals surface area contributed by atoms with E-state index in [-0.39, 0.29) is 0 Å². The average molecular weight is 208 g/mol. The van der Waals surface area contributed by atoms with E-state index in [1.165, 1.54) is 29.1 Å². The van der Waals surface area contributed by atoms with Crippen LogP contribution in [0, 0.1) is 6.92 Å². The van der Waals surface area contributed by atoms with E-state index >= 15 is 0 Å². The zero-order valence-electron chi connectivity index (χ0n) is 8.49. The van der Waals surface area contributed by atoms with Crippen LogP contribution in [0.3, 0.4) is 0 Å². The molecule has 1 aliphatic heterocycles. The minimum atomic E-state index is 0.708. The fourth-order valence-corrected chi connectivity index (χ4v) is 2.82. The molecule has 1 fully saturated rings. The third kappa shape index (κ3) is 2.49. The third-order valence-corrected chi connectivity index (χ3v) is 3.82. The quantitative estimate of drug-likeness (QED) is 0.822. The second-order valence-corrected chi connectivity index (χ2v) is 4.89. The van der Waals surface area contributed by atoms with E-state index in [1.807, 2.05) is 24.2 Å². The molecule has 0 aliphatic carbocycles. The number of thioether (sulfide) groups is 1. The maximum Gasteiger partial charge on any atom is 0.0315 e. The Hall–Kier alpha value is -0.540. The van der Waals surface area contributed by atoms with Crippen LogP contribution >= 0.6 is 11.8 Å². The van der Waals surface area contributed by atoms with Gasteiger partial charge in [-0.1, -0.05) is 0 Å². The smallest absolute Gasteiger partial charge is 0.0315 e. The van der Waals surface area contributed by atoms with Crippen molar-refractivity contribution in [2.45, 2.75) is 25.9 Å². The Kier molecular flexibility index (Phi) is 3.43. The fourth-order valence-electron chi connectivity index (χ4n) is 1.63. The van der Waals surface area contributed by atoms with Gasteiger partial charge in [-0.2, -0.15) is 11.8 Å². The minimum absolute atomic E-state index is 0.708. The second kappa shape index (κ2) is 4.80. The van der Waals surface area contributed by atoms with Crippen molar-refractivity contribution in [1.82, 2.24) is 10.3 Å². The second-order valence-electron chi connectivity index (χ2n) is 3.74. The Morgan fingerprint density at radius 1 is 1.64 bits per heavy atom. The molecule has 1 atom stereocenters. The van der Waals surface area contributed by atoms with Crippen molar-refractivity contribution in [3.8, 4) is 0 Å². The molecular weight excluding hydrogens is 192 g/mol. The predicted octanol–water partition coefficient (Wildman–Crippen LogP) is 1.99. The molecule has 1 saturated heterocycles. The lowest BCUT2D eigenvalue weighted by molar-refractivity contribution is 0.556. The van der Waals surface area contributed by atoms with Gasteiger partial charge in [0.1, 0.15) is 0 Å². The molecule has 14 heavy (non-hydrogen) atoms. The van der Waals surface area contributed by atoms with Gasteiger partial charge in [-0.05, 0) is 36.3 Å². The lowest BCUT2D eigenvalue weighted by Crippen LogP contribution is -2.28. The van der Waals surface area contributed by atoms with Gasteiger partial charge in [-0.15, -0.1) is 0 Å². The molecule has 1 aliphatic rings. The maximum absolute atomic E-state index is 4.15. The van der Waals surface area contributed by atoms with E-state index in [9.17, 15) is 0 Å². The summed E-state index contributed by atoms with van der Waals surface area (Å²) in [5, 5.41) is 3.58. The summed E-state index contributed by atoms with van der Waals surface area (Å²) < 4.78 is 0. The molecule has 0 amide bonds. The van der Waals surface area contributed by atoms with Gasteiger partial charge >= 0.3 is 0 Å². The van der Waals surface area contributed by atoms with Gasteiger partial charge in [-0.3, -0.25) is 4.98 Å². The Balaban J connectivity index is 1.88. The molecule has 0 radical (unpaired) electrons. The zero-order chi connectivity index (χ0) is 9.80. The van der Waals surface area contributed by atoms with E-state index in [2.05, 4.69) is 23.3 Å². The summed E-state index contributed by atoms with van der Waals surface area (Å²) in [5.41, 5.74) is 2.66. The molecule has 2 rings (SSSR count). The van der Waals surface area contributed by atoms with E-state index < -0.39 is 0 Å². The highest BCUT2D eigenvalue weighted by Crippen LogP contribution is 2.17. The molecule has 2 heterocycles. The SMILES string of the molecule is Cc1ccncc1CNC1CCSC1. The van der Waals surface area contributed by atoms with Gasteiger partial charge in [0.05, 0.1) is 0 Å². The molecule has 1 N–H and O–H groups in total. The normalized spacial score (nSPS) is 21.4. The molecule has 2 nitrogen and oxygen atoms in total. The minimum Gasteiger partial charge on any atom is -0.309 e. The number of nitrogens with one attached hydrogen (secondary N) is 1. The first-order chi connectivity index (χ1) is 6.86. The molecule has 0 aromatic carbocycles. The molecule has 1 aromatic rings. The van der Waals surface area contributed by atoms with Crippen LogP contribution in [0.2, 0.25) is 0 Å². The average Bonchev–Trinajstić information content (AvgIpc) is 2.69. The molecular formula is C11H16N2S. The number of aryl methyl sites for hydroxylation is 1. The van der Waals surface area contributed by atoms with E-state index in [0.29, 0.717) is 6.04 Å². The first-order valence-corrected chi connectivity index (χ1v) is 6.22.